The normalized spacial score (nSPS) is 13.2. The second-order valence-electron chi connectivity index (χ2n) is 13.2. The number of aromatic nitrogens is 3. The highest BCUT2D eigenvalue weighted by Gasteiger charge is 2.36. The maximum atomic E-state index is 5.16. The van der Waals surface area contributed by atoms with Crippen molar-refractivity contribution >= 4 is 21.8 Å². The summed E-state index contributed by atoms with van der Waals surface area (Å²) in [4.78, 5) is 10.3. The van der Waals surface area contributed by atoms with Gasteiger partial charge in [0.1, 0.15) is 0 Å². The maximum Gasteiger partial charge on any atom is 0.160 e. The quantitative estimate of drug-likeness (QED) is 0.200. The lowest BCUT2D eigenvalue weighted by molar-refractivity contribution is 0.661. The highest BCUT2D eigenvalue weighted by Crippen LogP contribution is 2.51. The van der Waals surface area contributed by atoms with Crippen LogP contribution < -0.4 is 0 Å². The van der Waals surface area contributed by atoms with Gasteiger partial charge in [0.25, 0.3) is 0 Å². The molecule has 1 aliphatic rings. The van der Waals surface area contributed by atoms with E-state index in [2.05, 4.69) is 159 Å². The third-order valence-electron chi connectivity index (χ3n) is 9.82. The molecule has 224 valence electrons. The van der Waals surface area contributed by atoms with Gasteiger partial charge in [0.2, 0.25) is 0 Å². The van der Waals surface area contributed by atoms with Crippen molar-refractivity contribution in [1.82, 2.24) is 14.5 Å². The number of benzene rings is 6. The van der Waals surface area contributed by atoms with Crippen LogP contribution in [0.4, 0.5) is 0 Å². The SMILES string of the molecule is Cc1cc(-c2nc(-c3ccccc3)cc(-c3ccccc3)n2)cc(-n2c3ccccc3c3cc4c(cc32)C(C)(C)c2ccccc2-4)c1. The molecule has 0 bridgehead atoms. The Balaban J connectivity index is 1.28. The maximum absolute atomic E-state index is 5.16. The molecule has 0 N–H and O–H groups in total. The average molecular weight is 604 g/mol. The minimum atomic E-state index is -0.0846. The van der Waals surface area contributed by atoms with E-state index in [1.54, 1.807) is 0 Å². The number of aryl methyl sites for hydroxylation is 1. The van der Waals surface area contributed by atoms with Gasteiger partial charge in [-0.15, -0.1) is 0 Å². The molecule has 6 aromatic carbocycles. The summed E-state index contributed by atoms with van der Waals surface area (Å²) >= 11 is 0. The predicted molar refractivity (Wildman–Crippen MR) is 195 cm³/mol. The topological polar surface area (TPSA) is 30.7 Å². The zero-order chi connectivity index (χ0) is 31.7. The Morgan fingerprint density at radius 1 is 0.489 bits per heavy atom. The molecule has 2 aromatic heterocycles. The van der Waals surface area contributed by atoms with Crippen molar-refractivity contribution < 1.29 is 0 Å². The van der Waals surface area contributed by atoms with Crippen LogP contribution in [0.25, 0.3) is 72.5 Å². The Bertz CT molecular complexity index is 2430. The summed E-state index contributed by atoms with van der Waals surface area (Å²) in [5, 5.41) is 2.52. The van der Waals surface area contributed by atoms with Crippen LogP contribution in [-0.2, 0) is 5.41 Å². The van der Waals surface area contributed by atoms with Crippen molar-refractivity contribution in [3.05, 3.63) is 162 Å². The standard InChI is InChI=1S/C44H33N3/c1-28-22-31(43-45-39(29-14-6-4-7-15-29)27-40(46-43)30-16-8-5-9-17-30)24-32(23-28)47-41-21-13-11-19-34(41)36-25-35-33-18-10-12-20-37(33)44(2,3)38(35)26-42(36)47/h4-27H,1-3H3. The molecule has 0 spiro atoms. The van der Waals surface area contributed by atoms with Crippen LogP contribution in [0.1, 0.15) is 30.5 Å². The molecule has 3 heteroatoms. The van der Waals surface area contributed by atoms with Gasteiger partial charge in [-0.05, 0) is 77.2 Å². The van der Waals surface area contributed by atoms with Crippen molar-refractivity contribution in [2.24, 2.45) is 0 Å². The first kappa shape index (κ1) is 27.5. The van der Waals surface area contributed by atoms with Gasteiger partial charge in [0.05, 0.1) is 22.4 Å². The van der Waals surface area contributed by atoms with Crippen molar-refractivity contribution in [3.8, 4) is 50.7 Å². The largest absolute Gasteiger partial charge is 0.309 e. The van der Waals surface area contributed by atoms with Gasteiger partial charge in [-0.1, -0.05) is 117 Å². The van der Waals surface area contributed by atoms with Crippen LogP contribution >= 0.6 is 0 Å². The minimum Gasteiger partial charge on any atom is -0.309 e. The Morgan fingerprint density at radius 2 is 1.13 bits per heavy atom. The molecule has 0 aliphatic heterocycles. The smallest absolute Gasteiger partial charge is 0.160 e. The van der Waals surface area contributed by atoms with Crippen LogP contribution in [0.2, 0.25) is 0 Å². The molecule has 0 radical (unpaired) electrons. The highest BCUT2D eigenvalue weighted by molar-refractivity contribution is 6.11. The fourth-order valence-corrected chi connectivity index (χ4v) is 7.55. The number of hydrogen-bond donors (Lipinski definition) is 0. The Hall–Kier alpha value is -5.80. The predicted octanol–water partition coefficient (Wildman–Crippen LogP) is 11.2. The summed E-state index contributed by atoms with van der Waals surface area (Å²) < 4.78 is 2.43. The van der Waals surface area contributed by atoms with Crippen LogP contribution in [0.15, 0.2) is 146 Å². The van der Waals surface area contributed by atoms with Crippen LogP contribution in [0.5, 0.6) is 0 Å². The summed E-state index contributed by atoms with van der Waals surface area (Å²) in [6.45, 7) is 6.86. The molecule has 0 saturated carbocycles. The fraction of sp³-hybridized carbons (Fsp3) is 0.0909. The Labute approximate surface area is 274 Å². The first-order chi connectivity index (χ1) is 23.0. The molecule has 0 amide bonds. The van der Waals surface area contributed by atoms with Gasteiger partial charge in [-0.25, -0.2) is 9.97 Å². The molecule has 47 heavy (non-hydrogen) atoms. The zero-order valence-electron chi connectivity index (χ0n) is 26.7. The monoisotopic (exact) mass is 603 g/mol. The molecule has 0 atom stereocenters. The molecule has 2 heterocycles. The average Bonchev–Trinajstić information content (AvgIpc) is 3.56. The second-order valence-corrected chi connectivity index (χ2v) is 13.2. The van der Waals surface area contributed by atoms with E-state index in [0.717, 1.165) is 39.3 Å². The van der Waals surface area contributed by atoms with E-state index in [9.17, 15) is 0 Å². The molecule has 0 unspecified atom stereocenters. The second kappa shape index (κ2) is 10.4. The van der Waals surface area contributed by atoms with Crippen molar-refractivity contribution in [1.29, 1.82) is 0 Å². The Kier molecular flexibility index (Phi) is 6.07. The molecular weight excluding hydrogens is 571 g/mol. The zero-order valence-corrected chi connectivity index (χ0v) is 26.7. The van der Waals surface area contributed by atoms with Crippen LogP contribution in [0.3, 0.4) is 0 Å². The first-order valence-corrected chi connectivity index (χ1v) is 16.3. The summed E-state index contributed by atoms with van der Waals surface area (Å²) in [7, 11) is 0. The van der Waals surface area contributed by atoms with E-state index in [0.29, 0.717) is 5.82 Å². The summed E-state index contributed by atoms with van der Waals surface area (Å²) in [5.41, 5.74) is 15.0. The van der Waals surface area contributed by atoms with Crippen molar-refractivity contribution in [3.63, 3.8) is 0 Å². The minimum absolute atomic E-state index is 0.0846. The summed E-state index contributed by atoms with van der Waals surface area (Å²) in [6.07, 6.45) is 0. The summed E-state index contributed by atoms with van der Waals surface area (Å²) in [6, 6.07) is 52.1. The number of rotatable bonds is 4. The first-order valence-electron chi connectivity index (χ1n) is 16.3. The lowest BCUT2D eigenvalue weighted by atomic mass is 9.82. The van der Waals surface area contributed by atoms with E-state index in [1.807, 2.05) is 12.1 Å². The highest BCUT2D eigenvalue weighted by atomic mass is 15.0. The molecule has 0 fully saturated rings. The van der Waals surface area contributed by atoms with Crippen LogP contribution in [0, 0.1) is 6.92 Å². The number of nitrogens with zero attached hydrogens (tertiary/aromatic N) is 3. The van der Waals surface area contributed by atoms with Crippen molar-refractivity contribution in [2.45, 2.75) is 26.2 Å². The van der Waals surface area contributed by atoms with Gasteiger partial charge in [0, 0.05) is 38.6 Å². The number of para-hydroxylation sites is 1. The van der Waals surface area contributed by atoms with E-state index in [1.165, 1.54) is 44.1 Å². The van der Waals surface area contributed by atoms with Gasteiger partial charge in [-0.2, -0.15) is 0 Å². The lowest BCUT2D eigenvalue weighted by Gasteiger charge is -2.21. The molecule has 9 rings (SSSR count). The molecular formula is C44H33N3. The molecule has 0 saturated heterocycles. The molecule has 1 aliphatic carbocycles. The lowest BCUT2D eigenvalue weighted by Crippen LogP contribution is -2.15. The molecule has 3 nitrogen and oxygen atoms in total. The molecule has 8 aromatic rings. The third-order valence-corrected chi connectivity index (χ3v) is 9.82. The fourth-order valence-electron chi connectivity index (χ4n) is 7.55. The number of hydrogen-bond acceptors (Lipinski definition) is 2. The number of fused-ring (bicyclic) bond motifs is 6. The van der Waals surface area contributed by atoms with E-state index >= 15 is 0 Å². The summed E-state index contributed by atoms with van der Waals surface area (Å²) in [5.74, 6) is 0.716. The van der Waals surface area contributed by atoms with Gasteiger partial charge in [-0.3, -0.25) is 0 Å². The van der Waals surface area contributed by atoms with E-state index in [4.69, 9.17) is 9.97 Å². The van der Waals surface area contributed by atoms with Gasteiger partial charge in [0.15, 0.2) is 5.82 Å². The van der Waals surface area contributed by atoms with E-state index in [-0.39, 0.29) is 5.41 Å². The third kappa shape index (κ3) is 4.34. The van der Waals surface area contributed by atoms with Gasteiger partial charge >= 0.3 is 0 Å². The van der Waals surface area contributed by atoms with Gasteiger partial charge < -0.3 is 4.57 Å². The van der Waals surface area contributed by atoms with Crippen LogP contribution in [-0.4, -0.2) is 14.5 Å². The Morgan fingerprint density at radius 3 is 1.85 bits per heavy atom. The van der Waals surface area contributed by atoms with E-state index < -0.39 is 0 Å². The van der Waals surface area contributed by atoms with Crippen molar-refractivity contribution in [2.75, 3.05) is 0 Å².